The summed E-state index contributed by atoms with van der Waals surface area (Å²) in [4.78, 5) is 49.7. The van der Waals surface area contributed by atoms with Gasteiger partial charge >= 0.3 is 0 Å². The first-order valence-electron chi connectivity index (χ1n) is 12.1. The lowest BCUT2D eigenvalue weighted by Crippen LogP contribution is -2.32. The monoisotopic (exact) mass is 590 g/mol. The van der Waals surface area contributed by atoms with Gasteiger partial charge < -0.3 is 21.1 Å². The lowest BCUT2D eigenvalue weighted by molar-refractivity contribution is -0.124. The van der Waals surface area contributed by atoms with Crippen molar-refractivity contribution >= 4 is 40.6 Å². The normalized spacial score (nSPS) is 12.1. The maximum atomic E-state index is 14.4. The number of nitrogens with zero attached hydrogens (tertiary/aromatic N) is 1. The molecule has 0 spiro atoms. The molecule has 0 aliphatic heterocycles. The van der Waals surface area contributed by atoms with E-state index in [1.165, 1.54) is 50.7 Å². The van der Waals surface area contributed by atoms with Crippen LogP contribution in [0, 0.1) is 5.82 Å². The van der Waals surface area contributed by atoms with Gasteiger partial charge in [0.2, 0.25) is 11.7 Å². The van der Waals surface area contributed by atoms with Crippen LogP contribution in [0.5, 0.6) is 5.75 Å². The van der Waals surface area contributed by atoms with E-state index in [0.717, 1.165) is 16.7 Å². The number of aromatic nitrogens is 1. The van der Waals surface area contributed by atoms with Crippen molar-refractivity contribution in [2.24, 2.45) is 5.73 Å². The Hall–Kier alpha value is -4.58. The lowest BCUT2D eigenvalue weighted by atomic mass is 9.97. The third-order valence-corrected chi connectivity index (χ3v) is 6.33. The first-order chi connectivity index (χ1) is 19.4. The van der Waals surface area contributed by atoms with Crippen molar-refractivity contribution in [3.05, 3.63) is 87.1 Å². The van der Waals surface area contributed by atoms with E-state index in [9.17, 15) is 32.3 Å². The Balaban J connectivity index is 2.03. The summed E-state index contributed by atoms with van der Waals surface area (Å²) in [6, 6.07) is 7.91. The van der Waals surface area contributed by atoms with Crippen molar-refractivity contribution in [3.63, 3.8) is 0 Å². The van der Waals surface area contributed by atoms with Crippen molar-refractivity contribution < 1.29 is 32.3 Å². The van der Waals surface area contributed by atoms with Gasteiger partial charge in [0.05, 0.1) is 18.9 Å². The third kappa shape index (κ3) is 6.95. The number of methoxy groups -OCH3 is 1. The molecule has 0 bridgehead atoms. The van der Waals surface area contributed by atoms with E-state index in [2.05, 4.69) is 10.6 Å². The Morgan fingerprint density at radius 3 is 2.37 bits per heavy atom. The summed E-state index contributed by atoms with van der Waals surface area (Å²) in [6.07, 6.45) is -1.23. The SMILES string of the molecule is CCC(C(=O)Nc1ccc(C(=O)NC)c(F)c1)n1cc(OC)c(-c2cc(Cl)ccc2C(N)=CC(=O)C(F)F)cc1=O. The predicted molar refractivity (Wildman–Crippen MR) is 149 cm³/mol. The zero-order valence-corrected chi connectivity index (χ0v) is 22.9. The average Bonchev–Trinajstić information content (AvgIpc) is 2.93. The van der Waals surface area contributed by atoms with Gasteiger partial charge in [0, 0.05) is 46.7 Å². The number of ketones is 1. The summed E-state index contributed by atoms with van der Waals surface area (Å²) in [5, 5.41) is 5.08. The van der Waals surface area contributed by atoms with Crippen molar-refractivity contribution in [2.45, 2.75) is 25.8 Å². The first kappa shape index (κ1) is 31.0. The number of anilines is 1. The highest BCUT2D eigenvalue weighted by Crippen LogP contribution is 2.36. The maximum Gasteiger partial charge on any atom is 0.299 e. The van der Waals surface area contributed by atoms with Gasteiger partial charge in [-0.2, -0.15) is 0 Å². The largest absolute Gasteiger partial charge is 0.495 e. The van der Waals surface area contributed by atoms with Gasteiger partial charge in [-0.05, 0) is 42.3 Å². The molecule has 1 atom stereocenters. The Bertz CT molecular complexity index is 1590. The van der Waals surface area contributed by atoms with Crippen LogP contribution in [-0.4, -0.2) is 42.7 Å². The van der Waals surface area contributed by atoms with E-state index in [1.54, 1.807) is 6.92 Å². The summed E-state index contributed by atoms with van der Waals surface area (Å²) >= 11 is 6.16. The lowest BCUT2D eigenvalue weighted by Gasteiger charge is -2.21. The molecular formula is C28H26ClF3N4O5. The molecular weight excluding hydrogens is 565 g/mol. The van der Waals surface area contributed by atoms with E-state index in [4.69, 9.17) is 22.1 Å². The predicted octanol–water partition coefficient (Wildman–Crippen LogP) is 4.40. The molecule has 41 heavy (non-hydrogen) atoms. The Morgan fingerprint density at radius 1 is 1.10 bits per heavy atom. The van der Waals surface area contributed by atoms with E-state index in [0.29, 0.717) is 6.08 Å². The minimum Gasteiger partial charge on any atom is -0.495 e. The highest BCUT2D eigenvalue weighted by molar-refractivity contribution is 6.31. The zero-order chi connectivity index (χ0) is 30.4. The molecule has 0 fully saturated rings. The molecule has 4 N–H and O–H groups in total. The number of nitrogens with two attached hydrogens (primary N) is 1. The summed E-state index contributed by atoms with van der Waals surface area (Å²) in [6.45, 7) is 1.66. The number of benzene rings is 2. The number of amides is 2. The molecule has 1 heterocycles. The van der Waals surface area contributed by atoms with Crippen molar-refractivity contribution in [2.75, 3.05) is 19.5 Å². The van der Waals surface area contributed by atoms with Gasteiger partial charge in [-0.3, -0.25) is 23.7 Å². The van der Waals surface area contributed by atoms with Crippen LogP contribution in [0.1, 0.15) is 35.3 Å². The summed E-state index contributed by atoms with van der Waals surface area (Å²) < 4.78 is 46.6. The topological polar surface area (TPSA) is 133 Å². The molecule has 0 saturated carbocycles. The van der Waals surface area contributed by atoms with E-state index in [-0.39, 0.29) is 50.8 Å². The Labute approximate surface area is 237 Å². The number of ether oxygens (including phenoxy) is 1. The smallest absolute Gasteiger partial charge is 0.299 e. The fourth-order valence-corrected chi connectivity index (χ4v) is 4.25. The molecule has 2 amide bonds. The molecule has 2 aromatic carbocycles. The van der Waals surface area contributed by atoms with Crippen LogP contribution in [0.25, 0.3) is 16.8 Å². The van der Waals surface area contributed by atoms with Crippen LogP contribution in [0.2, 0.25) is 5.02 Å². The molecule has 13 heteroatoms. The van der Waals surface area contributed by atoms with Gasteiger partial charge in [0.1, 0.15) is 17.6 Å². The van der Waals surface area contributed by atoms with Crippen LogP contribution in [0.4, 0.5) is 18.9 Å². The fraction of sp³-hybridized carbons (Fsp3) is 0.214. The number of carbonyl (C=O) groups is 3. The molecule has 0 saturated heterocycles. The number of pyridine rings is 1. The second kappa shape index (κ2) is 13.2. The number of hydrogen-bond acceptors (Lipinski definition) is 6. The van der Waals surface area contributed by atoms with Crippen molar-refractivity contribution in [1.29, 1.82) is 0 Å². The van der Waals surface area contributed by atoms with Gasteiger partial charge in [-0.25, -0.2) is 13.2 Å². The highest BCUT2D eigenvalue weighted by Gasteiger charge is 2.24. The number of allylic oxidation sites excluding steroid dienone is 1. The molecule has 0 aliphatic carbocycles. The molecule has 1 unspecified atom stereocenters. The molecule has 1 aromatic heterocycles. The number of halogens is 4. The van der Waals surface area contributed by atoms with E-state index >= 15 is 0 Å². The van der Waals surface area contributed by atoms with E-state index in [1.807, 2.05) is 0 Å². The second-order valence-corrected chi connectivity index (χ2v) is 9.12. The molecule has 9 nitrogen and oxygen atoms in total. The Morgan fingerprint density at radius 2 is 1.78 bits per heavy atom. The summed E-state index contributed by atoms with van der Waals surface area (Å²) in [5.74, 6) is -3.51. The number of alkyl halides is 2. The number of carbonyl (C=O) groups excluding carboxylic acids is 3. The minimum absolute atomic E-state index is 0.0689. The van der Waals surface area contributed by atoms with Gasteiger partial charge in [0.15, 0.2) is 0 Å². The molecule has 216 valence electrons. The van der Waals surface area contributed by atoms with Crippen LogP contribution in [0.15, 0.2) is 59.5 Å². The molecule has 0 aliphatic rings. The third-order valence-electron chi connectivity index (χ3n) is 6.09. The van der Waals surface area contributed by atoms with Crippen LogP contribution >= 0.6 is 11.6 Å². The van der Waals surface area contributed by atoms with Crippen molar-refractivity contribution in [3.8, 4) is 16.9 Å². The highest BCUT2D eigenvalue weighted by atomic mass is 35.5. The summed E-state index contributed by atoms with van der Waals surface area (Å²) in [7, 11) is 2.67. The minimum atomic E-state index is -3.26. The average molecular weight is 591 g/mol. The Kier molecular flexibility index (Phi) is 9.95. The van der Waals surface area contributed by atoms with Gasteiger partial charge in [-0.1, -0.05) is 24.6 Å². The number of hydrogen-bond donors (Lipinski definition) is 3. The van der Waals surface area contributed by atoms with Crippen LogP contribution in [-0.2, 0) is 9.59 Å². The van der Waals surface area contributed by atoms with Crippen LogP contribution in [0.3, 0.4) is 0 Å². The first-order valence-corrected chi connectivity index (χ1v) is 12.5. The summed E-state index contributed by atoms with van der Waals surface area (Å²) in [5.41, 5.74) is 5.43. The van der Waals surface area contributed by atoms with Crippen molar-refractivity contribution in [1.82, 2.24) is 9.88 Å². The maximum absolute atomic E-state index is 14.4. The standard InChI is InChI=1S/C28H26ClF3N4O5/c1-4-22(28(40)35-15-6-8-17(20(30)10-15)27(39)34-2)36-13-24(41-3)19(11-25(36)38)18-9-14(29)5-7-16(18)21(33)12-23(37)26(31)32/h5-13,22,26H,4,33H2,1-3H3,(H,34,39)(H,35,40). The molecule has 3 aromatic rings. The molecule has 0 radical (unpaired) electrons. The van der Waals surface area contributed by atoms with E-state index < -0.39 is 41.4 Å². The quantitative estimate of drug-likeness (QED) is 0.300. The van der Waals surface area contributed by atoms with Gasteiger partial charge in [0.25, 0.3) is 17.9 Å². The fourth-order valence-electron chi connectivity index (χ4n) is 4.08. The second-order valence-electron chi connectivity index (χ2n) is 8.68. The number of nitrogens with one attached hydrogen (secondary N) is 2. The van der Waals surface area contributed by atoms with Gasteiger partial charge in [-0.15, -0.1) is 0 Å². The zero-order valence-electron chi connectivity index (χ0n) is 22.1. The number of rotatable bonds is 10. The van der Waals surface area contributed by atoms with Crippen LogP contribution < -0.4 is 26.7 Å². The molecule has 3 rings (SSSR count).